The number of benzene rings is 1. The quantitative estimate of drug-likeness (QED) is 0.833. The zero-order valence-electron chi connectivity index (χ0n) is 10.5. The number of nitrogens with zero attached hydrogens (tertiary/aromatic N) is 2. The summed E-state index contributed by atoms with van der Waals surface area (Å²) in [6.07, 6.45) is 0.456. The smallest absolute Gasteiger partial charge is 0.270 e. The largest absolute Gasteiger partial charge is 0.290 e. The van der Waals surface area contributed by atoms with Crippen molar-refractivity contribution in [1.82, 2.24) is 9.36 Å². The molecule has 0 aliphatic rings. The summed E-state index contributed by atoms with van der Waals surface area (Å²) < 4.78 is 3.40. The maximum Gasteiger partial charge on any atom is 0.270 e. The van der Waals surface area contributed by atoms with E-state index in [2.05, 4.69) is 0 Å². The molecule has 1 aromatic heterocycles. The summed E-state index contributed by atoms with van der Waals surface area (Å²) in [5.74, 6) is 0. The molecule has 0 atom stereocenters. The lowest BCUT2D eigenvalue weighted by Gasteiger charge is -2.06. The molecule has 0 unspecified atom stereocenters. The third kappa shape index (κ3) is 2.08. The highest BCUT2D eigenvalue weighted by Crippen LogP contribution is 2.26. The average Bonchev–Trinajstić information content (AvgIpc) is 2.51. The van der Waals surface area contributed by atoms with Crippen molar-refractivity contribution in [3.05, 3.63) is 55.4 Å². The van der Waals surface area contributed by atoms with Gasteiger partial charge in [-0.25, -0.2) is 0 Å². The van der Waals surface area contributed by atoms with Crippen molar-refractivity contribution in [2.45, 2.75) is 13.3 Å². The second kappa shape index (κ2) is 4.82. The van der Waals surface area contributed by atoms with E-state index in [4.69, 9.17) is 23.2 Å². The Hall–Kier alpha value is -1.19. The Balaban J connectivity index is 2.54. The van der Waals surface area contributed by atoms with E-state index < -0.39 is 0 Å². The lowest BCUT2D eigenvalue weighted by Crippen LogP contribution is -2.19. The molecule has 0 saturated carbocycles. The van der Waals surface area contributed by atoms with Crippen LogP contribution >= 0.6 is 23.2 Å². The lowest BCUT2D eigenvalue weighted by molar-refractivity contribution is 0.567. The van der Waals surface area contributed by atoms with E-state index in [0.29, 0.717) is 16.5 Å². The SMILES string of the molecule is Cc1c(Cc2c(Cl)cccc2Cl)c(=O)n(C)n1C. The summed E-state index contributed by atoms with van der Waals surface area (Å²) in [5, 5.41) is 1.18. The monoisotopic (exact) mass is 284 g/mol. The minimum atomic E-state index is -0.00835. The number of halogens is 2. The van der Waals surface area contributed by atoms with E-state index in [1.807, 2.05) is 18.7 Å². The highest BCUT2D eigenvalue weighted by molar-refractivity contribution is 6.36. The molecule has 0 saturated heterocycles. The van der Waals surface area contributed by atoms with Crippen LogP contribution in [-0.2, 0) is 20.5 Å². The number of hydrogen-bond donors (Lipinski definition) is 0. The van der Waals surface area contributed by atoms with Crippen LogP contribution in [0.3, 0.4) is 0 Å². The average molecular weight is 285 g/mol. The lowest BCUT2D eigenvalue weighted by atomic mass is 10.1. The second-order valence-electron chi connectivity index (χ2n) is 4.29. The van der Waals surface area contributed by atoms with Crippen molar-refractivity contribution >= 4 is 23.2 Å². The molecule has 0 bridgehead atoms. The molecule has 0 aliphatic heterocycles. The minimum Gasteiger partial charge on any atom is -0.290 e. The van der Waals surface area contributed by atoms with Crippen LogP contribution in [0.5, 0.6) is 0 Å². The molecule has 96 valence electrons. The van der Waals surface area contributed by atoms with Crippen molar-refractivity contribution in [1.29, 1.82) is 0 Å². The van der Waals surface area contributed by atoms with E-state index in [0.717, 1.165) is 16.8 Å². The van der Waals surface area contributed by atoms with Crippen molar-refractivity contribution in [3.8, 4) is 0 Å². The van der Waals surface area contributed by atoms with Crippen LogP contribution in [-0.4, -0.2) is 9.36 Å². The van der Waals surface area contributed by atoms with Crippen molar-refractivity contribution < 1.29 is 0 Å². The van der Waals surface area contributed by atoms with Gasteiger partial charge in [-0.05, 0) is 24.6 Å². The summed E-state index contributed by atoms with van der Waals surface area (Å²) >= 11 is 12.3. The second-order valence-corrected chi connectivity index (χ2v) is 5.11. The molecule has 1 aromatic carbocycles. The van der Waals surface area contributed by atoms with Crippen molar-refractivity contribution in [2.75, 3.05) is 0 Å². The molecule has 0 fully saturated rings. The van der Waals surface area contributed by atoms with Gasteiger partial charge < -0.3 is 0 Å². The first-order chi connectivity index (χ1) is 8.43. The molecule has 0 amide bonds. The summed E-state index contributed by atoms with van der Waals surface area (Å²) in [4.78, 5) is 12.1. The predicted molar refractivity (Wildman–Crippen MR) is 74.7 cm³/mol. The third-order valence-corrected chi connectivity index (χ3v) is 4.05. The van der Waals surface area contributed by atoms with Crippen LogP contribution < -0.4 is 5.56 Å². The van der Waals surface area contributed by atoms with Gasteiger partial charge in [-0.2, -0.15) is 0 Å². The highest BCUT2D eigenvalue weighted by Gasteiger charge is 2.15. The number of hydrogen-bond acceptors (Lipinski definition) is 1. The Bertz CT molecular complexity index is 635. The molecule has 3 nitrogen and oxygen atoms in total. The third-order valence-electron chi connectivity index (χ3n) is 3.34. The molecular weight excluding hydrogens is 271 g/mol. The van der Waals surface area contributed by atoms with E-state index >= 15 is 0 Å². The summed E-state index contributed by atoms with van der Waals surface area (Å²) in [6, 6.07) is 5.36. The standard InChI is InChI=1S/C13H14Cl2N2O/c1-8-9(13(18)17(3)16(8)2)7-10-11(14)5-4-6-12(10)15/h4-6H,7H2,1-3H3. The molecule has 0 aliphatic carbocycles. The maximum atomic E-state index is 12.1. The van der Waals surface area contributed by atoms with Crippen molar-refractivity contribution in [3.63, 3.8) is 0 Å². The van der Waals surface area contributed by atoms with Gasteiger partial charge in [-0.1, -0.05) is 29.3 Å². The first-order valence-electron chi connectivity index (χ1n) is 5.57. The van der Waals surface area contributed by atoms with Gasteiger partial charge in [0.1, 0.15) is 0 Å². The fourth-order valence-corrected chi connectivity index (χ4v) is 2.52. The molecule has 18 heavy (non-hydrogen) atoms. The van der Waals surface area contributed by atoms with Crippen LogP contribution in [0, 0.1) is 6.92 Å². The summed E-state index contributed by atoms with van der Waals surface area (Å²) in [5.41, 5.74) is 2.45. The van der Waals surface area contributed by atoms with Gasteiger partial charge in [0.05, 0.1) is 0 Å². The molecule has 1 heterocycles. The molecule has 0 spiro atoms. The van der Waals surface area contributed by atoms with Crippen LogP contribution in [0.15, 0.2) is 23.0 Å². The Morgan fingerprint density at radius 1 is 1.06 bits per heavy atom. The molecule has 2 aromatic rings. The zero-order valence-corrected chi connectivity index (χ0v) is 12.0. The zero-order chi connectivity index (χ0) is 13.4. The minimum absolute atomic E-state index is 0.00835. The van der Waals surface area contributed by atoms with Gasteiger partial charge in [0, 0.05) is 41.8 Å². The maximum absolute atomic E-state index is 12.1. The fraction of sp³-hybridized carbons (Fsp3) is 0.308. The van der Waals surface area contributed by atoms with Gasteiger partial charge in [0.2, 0.25) is 0 Å². The van der Waals surface area contributed by atoms with Crippen LogP contribution in [0.2, 0.25) is 10.0 Å². The van der Waals surface area contributed by atoms with Crippen LogP contribution in [0.4, 0.5) is 0 Å². The molecule has 0 radical (unpaired) electrons. The molecule has 5 heteroatoms. The Morgan fingerprint density at radius 2 is 1.61 bits per heavy atom. The number of rotatable bonds is 2. The predicted octanol–water partition coefficient (Wildman–Crippen LogP) is 2.93. The molecule has 0 N–H and O–H groups in total. The number of aromatic nitrogens is 2. The highest BCUT2D eigenvalue weighted by atomic mass is 35.5. The topological polar surface area (TPSA) is 26.9 Å². The first kappa shape index (κ1) is 13.2. The van der Waals surface area contributed by atoms with Crippen LogP contribution in [0.1, 0.15) is 16.8 Å². The van der Waals surface area contributed by atoms with E-state index in [1.165, 1.54) is 0 Å². The first-order valence-corrected chi connectivity index (χ1v) is 6.33. The van der Waals surface area contributed by atoms with Crippen LogP contribution in [0.25, 0.3) is 0 Å². The fourth-order valence-electron chi connectivity index (χ4n) is 1.99. The summed E-state index contributed by atoms with van der Waals surface area (Å²) in [6.45, 7) is 1.92. The molecule has 2 rings (SSSR count). The van der Waals surface area contributed by atoms with Crippen molar-refractivity contribution in [2.24, 2.45) is 14.1 Å². The molecular formula is C13H14Cl2N2O. The van der Waals surface area contributed by atoms with E-state index in [1.54, 1.807) is 29.9 Å². The van der Waals surface area contributed by atoms with Gasteiger partial charge in [0.25, 0.3) is 5.56 Å². The Morgan fingerprint density at radius 3 is 2.06 bits per heavy atom. The van der Waals surface area contributed by atoms with Gasteiger partial charge >= 0.3 is 0 Å². The van der Waals surface area contributed by atoms with Gasteiger partial charge in [-0.3, -0.25) is 14.2 Å². The van der Waals surface area contributed by atoms with Gasteiger partial charge in [0.15, 0.2) is 0 Å². The van der Waals surface area contributed by atoms with Gasteiger partial charge in [-0.15, -0.1) is 0 Å². The Kier molecular flexibility index (Phi) is 3.55. The van der Waals surface area contributed by atoms with E-state index in [9.17, 15) is 4.79 Å². The van der Waals surface area contributed by atoms with E-state index in [-0.39, 0.29) is 5.56 Å². The Labute approximate surface area is 116 Å². The normalized spacial score (nSPS) is 10.9. The summed E-state index contributed by atoms with van der Waals surface area (Å²) in [7, 11) is 3.60.